The van der Waals surface area contributed by atoms with Gasteiger partial charge in [-0.3, -0.25) is 0 Å². The lowest BCUT2D eigenvalue weighted by Crippen LogP contribution is -2.16. The van der Waals surface area contributed by atoms with Crippen molar-refractivity contribution in [1.29, 1.82) is 0 Å². The SMILES string of the molecule is CSCCNCc1ccc(F)c(C)c1. The molecule has 0 bridgehead atoms. The molecule has 0 amide bonds. The van der Waals surface area contributed by atoms with Crippen LogP contribution in [0.3, 0.4) is 0 Å². The topological polar surface area (TPSA) is 12.0 Å². The van der Waals surface area contributed by atoms with Crippen molar-refractivity contribution in [2.45, 2.75) is 13.5 Å². The summed E-state index contributed by atoms with van der Waals surface area (Å²) in [6.45, 7) is 3.61. The number of thioether (sulfide) groups is 1. The zero-order valence-electron chi connectivity index (χ0n) is 8.64. The van der Waals surface area contributed by atoms with Gasteiger partial charge >= 0.3 is 0 Å². The molecular formula is C11H16FNS. The maximum atomic E-state index is 12.9. The van der Waals surface area contributed by atoms with E-state index < -0.39 is 0 Å². The molecule has 0 aliphatic rings. The molecule has 0 aliphatic heterocycles. The third-order valence-corrected chi connectivity index (χ3v) is 2.65. The summed E-state index contributed by atoms with van der Waals surface area (Å²) in [7, 11) is 0. The van der Waals surface area contributed by atoms with E-state index in [2.05, 4.69) is 11.6 Å². The molecule has 0 saturated heterocycles. The van der Waals surface area contributed by atoms with Crippen LogP contribution in [0.1, 0.15) is 11.1 Å². The van der Waals surface area contributed by atoms with Crippen molar-refractivity contribution in [3.63, 3.8) is 0 Å². The summed E-state index contributed by atoms with van der Waals surface area (Å²) in [5, 5.41) is 3.31. The fraction of sp³-hybridized carbons (Fsp3) is 0.455. The van der Waals surface area contributed by atoms with Gasteiger partial charge in [0.1, 0.15) is 5.82 Å². The van der Waals surface area contributed by atoms with Gasteiger partial charge in [-0.05, 0) is 30.4 Å². The zero-order chi connectivity index (χ0) is 10.4. The number of hydrogen-bond donors (Lipinski definition) is 1. The lowest BCUT2D eigenvalue weighted by molar-refractivity contribution is 0.616. The number of rotatable bonds is 5. The van der Waals surface area contributed by atoms with E-state index in [9.17, 15) is 4.39 Å². The van der Waals surface area contributed by atoms with Crippen LogP contribution in [0.4, 0.5) is 4.39 Å². The fourth-order valence-corrected chi connectivity index (χ4v) is 1.57. The van der Waals surface area contributed by atoms with Crippen molar-refractivity contribution in [1.82, 2.24) is 5.32 Å². The Hall–Kier alpha value is -0.540. The standard InChI is InChI=1S/C11H16FNS/c1-9-7-10(3-4-11(9)12)8-13-5-6-14-2/h3-4,7,13H,5-6,8H2,1-2H3. The predicted molar refractivity (Wildman–Crippen MR) is 61.2 cm³/mol. The molecule has 0 spiro atoms. The fourth-order valence-electron chi connectivity index (χ4n) is 1.22. The Balaban J connectivity index is 2.39. The molecule has 3 heteroatoms. The van der Waals surface area contributed by atoms with Gasteiger partial charge in [-0.15, -0.1) is 0 Å². The van der Waals surface area contributed by atoms with Crippen LogP contribution < -0.4 is 5.32 Å². The summed E-state index contributed by atoms with van der Waals surface area (Å²) in [5.74, 6) is 0.984. The molecular weight excluding hydrogens is 197 g/mol. The van der Waals surface area contributed by atoms with Crippen molar-refractivity contribution < 1.29 is 4.39 Å². The highest BCUT2D eigenvalue weighted by Gasteiger charge is 1.98. The molecule has 1 rings (SSSR count). The summed E-state index contributed by atoms with van der Waals surface area (Å²) in [6.07, 6.45) is 2.09. The quantitative estimate of drug-likeness (QED) is 0.754. The number of aryl methyl sites for hydroxylation is 1. The molecule has 0 heterocycles. The van der Waals surface area contributed by atoms with Gasteiger partial charge in [0.25, 0.3) is 0 Å². The molecule has 1 aromatic carbocycles. The van der Waals surface area contributed by atoms with E-state index in [1.807, 2.05) is 23.9 Å². The van der Waals surface area contributed by atoms with Gasteiger partial charge < -0.3 is 5.32 Å². The summed E-state index contributed by atoms with van der Waals surface area (Å²) in [6, 6.07) is 5.25. The minimum Gasteiger partial charge on any atom is -0.312 e. The Morgan fingerprint density at radius 2 is 2.21 bits per heavy atom. The van der Waals surface area contributed by atoms with Crippen molar-refractivity contribution in [3.8, 4) is 0 Å². The Morgan fingerprint density at radius 1 is 1.43 bits per heavy atom. The molecule has 1 aromatic rings. The molecule has 1 N–H and O–H groups in total. The molecule has 0 unspecified atom stereocenters. The highest BCUT2D eigenvalue weighted by molar-refractivity contribution is 7.98. The zero-order valence-corrected chi connectivity index (χ0v) is 9.46. The van der Waals surface area contributed by atoms with Gasteiger partial charge in [0, 0.05) is 18.8 Å². The van der Waals surface area contributed by atoms with Gasteiger partial charge in [0.15, 0.2) is 0 Å². The first-order valence-electron chi connectivity index (χ1n) is 4.68. The molecule has 0 atom stereocenters. The summed E-state index contributed by atoms with van der Waals surface area (Å²) >= 11 is 1.82. The van der Waals surface area contributed by atoms with Gasteiger partial charge in [-0.1, -0.05) is 12.1 Å². The molecule has 78 valence electrons. The van der Waals surface area contributed by atoms with Gasteiger partial charge in [0.2, 0.25) is 0 Å². The second-order valence-electron chi connectivity index (χ2n) is 3.25. The Kier molecular flexibility index (Phi) is 4.98. The van der Waals surface area contributed by atoms with Crippen LogP contribution in [-0.2, 0) is 6.54 Å². The minimum atomic E-state index is -0.127. The number of hydrogen-bond acceptors (Lipinski definition) is 2. The van der Waals surface area contributed by atoms with Crippen molar-refractivity contribution in [2.75, 3.05) is 18.6 Å². The normalized spacial score (nSPS) is 10.5. The first-order chi connectivity index (χ1) is 6.74. The second-order valence-corrected chi connectivity index (χ2v) is 4.24. The third kappa shape index (κ3) is 3.68. The Labute approximate surface area is 89.1 Å². The van der Waals surface area contributed by atoms with Gasteiger partial charge in [-0.2, -0.15) is 11.8 Å². The van der Waals surface area contributed by atoms with Gasteiger partial charge in [-0.25, -0.2) is 4.39 Å². The van der Waals surface area contributed by atoms with Crippen LogP contribution in [0.25, 0.3) is 0 Å². The number of benzene rings is 1. The predicted octanol–water partition coefficient (Wildman–Crippen LogP) is 2.59. The smallest absolute Gasteiger partial charge is 0.126 e. The molecule has 1 nitrogen and oxygen atoms in total. The van der Waals surface area contributed by atoms with E-state index in [1.165, 1.54) is 6.07 Å². The maximum absolute atomic E-state index is 12.9. The lowest BCUT2D eigenvalue weighted by atomic mass is 10.1. The maximum Gasteiger partial charge on any atom is 0.126 e. The first-order valence-corrected chi connectivity index (χ1v) is 6.08. The van der Waals surface area contributed by atoms with Crippen LogP contribution >= 0.6 is 11.8 Å². The van der Waals surface area contributed by atoms with Crippen molar-refractivity contribution in [2.24, 2.45) is 0 Å². The Morgan fingerprint density at radius 3 is 2.86 bits per heavy atom. The lowest BCUT2D eigenvalue weighted by Gasteiger charge is -2.05. The molecule has 14 heavy (non-hydrogen) atoms. The van der Waals surface area contributed by atoms with E-state index in [0.29, 0.717) is 5.56 Å². The Bertz CT molecular complexity index is 289. The number of halogens is 1. The van der Waals surface area contributed by atoms with Gasteiger partial charge in [0.05, 0.1) is 0 Å². The summed E-state index contributed by atoms with van der Waals surface area (Å²) < 4.78 is 12.9. The average Bonchev–Trinajstić information content (AvgIpc) is 2.18. The molecule has 0 fully saturated rings. The van der Waals surface area contributed by atoms with E-state index in [0.717, 1.165) is 24.4 Å². The monoisotopic (exact) mass is 213 g/mol. The third-order valence-electron chi connectivity index (χ3n) is 2.03. The van der Waals surface area contributed by atoms with E-state index in [1.54, 1.807) is 6.92 Å². The highest BCUT2D eigenvalue weighted by atomic mass is 32.2. The van der Waals surface area contributed by atoms with Crippen molar-refractivity contribution in [3.05, 3.63) is 35.1 Å². The van der Waals surface area contributed by atoms with Crippen LogP contribution in [0, 0.1) is 12.7 Å². The van der Waals surface area contributed by atoms with E-state index >= 15 is 0 Å². The van der Waals surface area contributed by atoms with Crippen LogP contribution in [0.5, 0.6) is 0 Å². The number of nitrogens with one attached hydrogen (secondary N) is 1. The van der Waals surface area contributed by atoms with Crippen LogP contribution in [0.15, 0.2) is 18.2 Å². The largest absolute Gasteiger partial charge is 0.312 e. The van der Waals surface area contributed by atoms with Crippen molar-refractivity contribution >= 4 is 11.8 Å². The van der Waals surface area contributed by atoms with Crippen LogP contribution in [-0.4, -0.2) is 18.6 Å². The molecule has 0 aliphatic carbocycles. The summed E-state index contributed by atoms with van der Waals surface area (Å²) in [4.78, 5) is 0. The summed E-state index contributed by atoms with van der Waals surface area (Å²) in [5.41, 5.74) is 1.86. The molecule has 0 radical (unpaired) electrons. The van der Waals surface area contributed by atoms with E-state index in [-0.39, 0.29) is 5.82 Å². The second kappa shape index (κ2) is 6.04. The van der Waals surface area contributed by atoms with E-state index in [4.69, 9.17) is 0 Å². The average molecular weight is 213 g/mol. The molecule has 0 saturated carbocycles. The van der Waals surface area contributed by atoms with Crippen LogP contribution in [0.2, 0.25) is 0 Å². The highest BCUT2D eigenvalue weighted by Crippen LogP contribution is 2.08. The minimum absolute atomic E-state index is 0.127. The molecule has 0 aromatic heterocycles. The first kappa shape index (κ1) is 11.5.